The number of carbonyl (C=O) groups excluding carboxylic acids is 1. The quantitative estimate of drug-likeness (QED) is 0.420. The zero-order chi connectivity index (χ0) is 22.1. The Morgan fingerprint density at radius 3 is 2.56 bits per heavy atom. The van der Waals surface area contributed by atoms with E-state index in [4.69, 9.17) is 13.9 Å². The molecule has 0 aliphatic carbocycles. The van der Waals surface area contributed by atoms with Crippen molar-refractivity contribution in [1.29, 1.82) is 0 Å². The van der Waals surface area contributed by atoms with Crippen molar-refractivity contribution in [2.24, 2.45) is 0 Å². The van der Waals surface area contributed by atoms with Gasteiger partial charge in [-0.3, -0.25) is 4.79 Å². The Morgan fingerprint density at radius 2 is 1.78 bits per heavy atom. The minimum Gasteiger partial charge on any atom is -0.486 e. The lowest BCUT2D eigenvalue weighted by Crippen LogP contribution is -2.17. The minimum absolute atomic E-state index is 0.214. The topological polar surface area (TPSA) is 73.6 Å². The van der Waals surface area contributed by atoms with E-state index >= 15 is 0 Å². The summed E-state index contributed by atoms with van der Waals surface area (Å²) >= 11 is 0. The molecular formula is C26H24N2O4. The number of hydrogen-bond acceptors (Lipinski definition) is 5. The SMILES string of the molecule is CCC(C)c1ccc2oc(-c3ccc(NC(=O)c4ccc5c(c4)OCCO5)cc3)nc2c1. The zero-order valence-electron chi connectivity index (χ0n) is 18.1. The largest absolute Gasteiger partial charge is 0.486 e. The van der Waals surface area contributed by atoms with Crippen LogP contribution in [0.15, 0.2) is 65.1 Å². The molecule has 1 amide bonds. The molecule has 6 nitrogen and oxygen atoms in total. The summed E-state index contributed by atoms with van der Waals surface area (Å²) in [5, 5.41) is 2.91. The summed E-state index contributed by atoms with van der Waals surface area (Å²) in [6, 6.07) is 18.8. The molecule has 162 valence electrons. The van der Waals surface area contributed by atoms with Gasteiger partial charge in [-0.25, -0.2) is 4.98 Å². The van der Waals surface area contributed by atoms with Crippen LogP contribution in [0.5, 0.6) is 11.5 Å². The number of hydrogen-bond donors (Lipinski definition) is 1. The van der Waals surface area contributed by atoms with Gasteiger partial charge in [0.15, 0.2) is 17.1 Å². The van der Waals surface area contributed by atoms with Gasteiger partial charge in [-0.15, -0.1) is 0 Å². The fourth-order valence-electron chi connectivity index (χ4n) is 3.69. The molecular weight excluding hydrogens is 404 g/mol. The summed E-state index contributed by atoms with van der Waals surface area (Å²) < 4.78 is 17.0. The first kappa shape index (κ1) is 20.1. The van der Waals surface area contributed by atoms with Gasteiger partial charge in [0.1, 0.15) is 18.7 Å². The van der Waals surface area contributed by atoms with Gasteiger partial charge in [0.05, 0.1) is 0 Å². The highest BCUT2D eigenvalue weighted by Crippen LogP contribution is 2.31. The molecule has 1 unspecified atom stereocenters. The lowest BCUT2D eigenvalue weighted by molar-refractivity contribution is 0.102. The van der Waals surface area contributed by atoms with E-state index in [9.17, 15) is 4.79 Å². The Morgan fingerprint density at radius 1 is 1.00 bits per heavy atom. The highest BCUT2D eigenvalue weighted by atomic mass is 16.6. The lowest BCUT2D eigenvalue weighted by atomic mass is 9.98. The molecule has 0 spiro atoms. The smallest absolute Gasteiger partial charge is 0.255 e. The molecule has 1 N–H and O–H groups in total. The van der Waals surface area contributed by atoms with Crippen LogP contribution in [0, 0.1) is 0 Å². The molecule has 1 aliphatic heterocycles. The van der Waals surface area contributed by atoms with Gasteiger partial charge >= 0.3 is 0 Å². The Hall–Kier alpha value is -3.80. The fourth-order valence-corrected chi connectivity index (χ4v) is 3.69. The molecule has 2 heterocycles. The van der Waals surface area contributed by atoms with Crippen molar-refractivity contribution in [3.05, 3.63) is 71.8 Å². The number of ether oxygens (including phenoxy) is 2. The van der Waals surface area contributed by atoms with Crippen molar-refractivity contribution in [2.45, 2.75) is 26.2 Å². The molecule has 0 fully saturated rings. The van der Waals surface area contributed by atoms with E-state index in [1.807, 2.05) is 30.3 Å². The monoisotopic (exact) mass is 428 g/mol. The Kier molecular flexibility index (Phi) is 5.27. The molecule has 0 radical (unpaired) electrons. The van der Waals surface area contributed by atoms with Crippen molar-refractivity contribution in [3.8, 4) is 23.0 Å². The zero-order valence-corrected chi connectivity index (χ0v) is 18.1. The first-order chi connectivity index (χ1) is 15.6. The van der Waals surface area contributed by atoms with Gasteiger partial charge in [-0.05, 0) is 72.5 Å². The van der Waals surface area contributed by atoms with Crippen molar-refractivity contribution in [2.75, 3.05) is 18.5 Å². The van der Waals surface area contributed by atoms with Gasteiger partial charge in [-0.2, -0.15) is 0 Å². The van der Waals surface area contributed by atoms with Gasteiger partial charge in [0.25, 0.3) is 5.91 Å². The number of rotatable bonds is 5. The molecule has 5 rings (SSSR count). The average molecular weight is 428 g/mol. The first-order valence-electron chi connectivity index (χ1n) is 10.8. The number of aromatic nitrogens is 1. The van der Waals surface area contributed by atoms with Crippen LogP contribution < -0.4 is 14.8 Å². The van der Waals surface area contributed by atoms with Crippen molar-refractivity contribution < 1.29 is 18.7 Å². The maximum Gasteiger partial charge on any atom is 0.255 e. The molecule has 4 aromatic rings. The molecule has 3 aromatic carbocycles. The molecule has 6 heteroatoms. The number of amides is 1. The van der Waals surface area contributed by atoms with Crippen LogP contribution in [0.25, 0.3) is 22.6 Å². The van der Waals surface area contributed by atoms with Gasteiger partial charge in [0.2, 0.25) is 5.89 Å². The van der Waals surface area contributed by atoms with E-state index in [1.54, 1.807) is 18.2 Å². The fraction of sp³-hybridized carbons (Fsp3) is 0.231. The average Bonchev–Trinajstić information content (AvgIpc) is 3.27. The predicted octanol–water partition coefficient (Wildman–Crippen LogP) is 6.03. The second kappa shape index (κ2) is 8.38. The van der Waals surface area contributed by atoms with Crippen LogP contribution in [0.1, 0.15) is 42.1 Å². The number of nitrogens with one attached hydrogen (secondary N) is 1. The summed E-state index contributed by atoms with van der Waals surface area (Å²) in [5.74, 6) is 2.08. The minimum atomic E-state index is -0.214. The van der Waals surface area contributed by atoms with E-state index in [0.717, 1.165) is 23.1 Å². The van der Waals surface area contributed by atoms with Gasteiger partial charge in [0, 0.05) is 16.8 Å². The predicted molar refractivity (Wildman–Crippen MR) is 124 cm³/mol. The summed E-state index contributed by atoms with van der Waals surface area (Å²) in [4.78, 5) is 17.3. The molecule has 0 bridgehead atoms. The third-order valence-corrected chi connectivity index (χ3v) is 5.79. The van der Waals surface area contributed by atoms with Gasteiger partial charge < -0.3 is 19.2 Å². The van der Waals surface area contributed by atoms with Crippen LogP contribution >= 0.6 is 0 Å². The molecule has 1 atom stereocenters. The maximum absolute atomic E-state index is 12.6. The van der Waals surface area contributed by atoms with Crippen LogP contribution in [0.3, 0.4) is 0 Å². The molecule has 1 aromatic heterocycles. The normalized spacial score (nSPS) is 13.7. The van der Waals surface area contributed by atoms with E-state index < -0.39 is 0 Å². The number of anilines is 1. The number of nitrogens with zero attached hydrogens (tertiary/aromatic N) is 1. The highest BCUT2D eigenvalue weighted by Gasteiger charge is 2.16. The van der Waals surface area contributed by atoms with Crippen LogP contribution in [0.4, 0.5) is 5.69 Å². The number of carbonyl (C=O) groups is 1. The van der Waals surface area contributed by atoms with Crippen molar-refractivity contribution in [3.63, 3.8) is 0 Å². The standard InChI is InChI=1S/C26H24N2O4/c1-3-16(2)18-6-10-22-21(14-18)28-26(32-22)17-4-8-20(9-5-17)27-25(29)19-7-11-23-24(15-19)31-13-12-30-23/h4-11,14-16H,3,12-13H2,1-2H3,(H,27,29). The van der Waals surface area contributed by atoms with Crippen molar-refractivity contribution >= 4 is 22.7 Å². The summed E-state index contributed by atoms with van der Waals surface area (Å²) in [6.45, 7) is 5.38. The second-order valence-corrected chi connectivity index (χ2v) is 7.95. The maximum atomic E-state index is 12.6. The molecule has 1 aliphatic rings. The van der Waals surface area contributed by atoms with E-state index in [-0.39, 0.29) is 5.91 Å². The van der Waals surface area contributed by atoms with E-state index in [2.05, 4.69) is 36.3 Å². The lowest BCUT2D eigenvalue weighted by Gasteiger charge is -2.18. The van der Waals surface area contributed by atoms with Crippen LogP contribution in [0.2, 0.25) is 0 Å². The third-order valence-electron chi connectivity index (χ3n) is 5.79. The van der Waals surface area contributed by atoms with E-state index in [1.165, 1.54) is 5.56 Å². The second-order valence-electron chi connectivity index (χ2n) is 7.95. The molecule has 0 saturated carbocycles. The van der Waals surface area contributed by atoms with Crippen LogP contribution in [-0.2, 0) is 0 Å². The number of benzene rings is 3. The highest BCUT2D eigenvalue weighted by molar-refractivity contribution is 6.04. The van der Waals surface area contributed by atoms with Gasteiger partial charge in [-0.1, -0.05) is 19.9 Å². The Labute approximate surface area is 186 Å². The molecule has 32 heavy (non-hydrogen) atoms. The Balaban J connectivity index is 1.32. The molecule has 0 saturated heterocycles. The van der Waals surface area contributed by atoms with Crippen molar-refractivity contribution in [1.82, 2.24) is 4.98 Å². The summed E-state index contributed by atoms with van der Waals surface area (Å²) in [5.41, 5.74) is 4.93. The summed E-state index contributed by atoms with van der Waals surface area (Å²) in [7, 11) is 0. The number of oxazole rings is 1. The Bertz CT molecular complexity index is 1280. The third kappa shape index (κ3) is 3.91. The first-order valence-corrected chi connectivity index (χ1v) is 10.8. The summed E-state index contributed by atoms with van der Waals surface area (Å²) in [6.07, 6.45) is 1.08. The van der Waals surface area contributed by atoms with Crippen LogP contribution in [-0.4, -0.2) is 24.1 Å². The van der Waals surface area contributed by atoms with E-state index in [0.29, 0.717) is 47.8 Å². The number of fused-ring (bicyclic) bond motifs is 2.